The van der Waals surface area contributed by atoms with Gasteiger partial charge in [0.1, 0.15) is 18.0 Å². The smallest absolute Gasteiger partial charge is 0.254 e. The number of aromatic nitrogens is 2. The Bertz CT molecular complexity index is 1020. The molecule has 0 saturated carbocycles. The lowest BCUT2D eigenvalue weighted by Crippen LogP contribution is -2.34. The topological polar surface area (TPSA) is 72.9 Å². The van der Waals surface area contributed by atoms with Crippen LogP contribution < -0.4 is 10.5 Å². The summed E-state index contributed by atoms with van der Waals surface area (Å²) in [7, 11) is 0. The third kappa shape index (κ3) is 5.06. The molecule has 6 nitrogen and oxygen atoms in total. The van der Waals surface area contributed by atoms with Crippen molar-refractivity contribution in [3.8, 4) is 5.75 Å². The quantitative estimate of drug-likeness (QED) is 0.639. The lowest BCUT2D eigenvalue weighted by atomic mass is 9.90. The molecule has 30 heavy (non-hydrogen) atoms. The van der Waals surface area contributed by atoms with Crippen LogP contribution in [-0.2, 0) is 6.61 Å². The summed E-state index contributed by atoms with van der Waals surface area (Å²) in [4.78, 5) is 19.3. The van der Waals surface area contributed by atoms with Gasteiger partial charge in [-0.2, -0.15) is 0 Å². The predicted molar refractivity (Wildman–Crippen MR) is 123 cm³/mol. The number of carbonyl (C=O) groups is 1. The molecule has 1 unspecified atom stereocenters. The number of halogens is 2. The molecule has 4 rings (SSSR count). The van der Waals surface area contributed by atoms with Crippen LogP contribution >= 0.6 is 24.8 Å². The number of rotatable bonds is 5. The fraction of sp³-hybridized carbons (Fsp3) is 0.364. The molecule has 1 aliphatic rings. The van der Waals surface area contributed by atoms with E-state index in [1.807, 2.05) is 52.0 Å². The van der Waals surface area contributed by atoms with Crippen LogP contribution in [0.4, 0.5) is 0 Å². The van der Waals surface area contributed by atoms with Gasteiger partial charge in [-0.05, 0) is 55.1 Å². The Morgan fingerprint density at radius 1 is 1.23 bits per heavy atom. The average molecular weight is 451 g/mol. The van der Waals surface area contributed by atoms with Crippen LogP contribution in [0.5, 0.6) is 5.75 Å². The number of amides is 1. The molecule has 1 saturated heterocycles. The monoisotopic (exact) mass is 450 g/mol. The van der Waals surface area contributed by atoms with E-state index in [9.17, 15) is 4.79 Å². The summed E-state index contributed by atoms with van der Waals surface area (Å²) in [6, 6.07) is 11.4. The number of pyridine rings is 1. The van der Waals surface area contributed by atoms with Crippen molar-refractivity contribution >= 4 is 36.4 Å². The summed E-state index contributed by atoms with van der Waals surface area (Å²) in [6.07, 6.45) is 4.95. The molecule has 8 heteroatoms. The number of fused-ring (bicyclic) bond motifs is 1. The van der Waals surface area contributed by atoms with E-state index < -0.39 is 0 Å². The molecule has 1 aromatic carbocycles. The number of nitrogens with two attached hydrogens (primary N) is 1. The number of aryl methyl sites for hydroxylation is 1. The van der Waals surface area contributed by atoms with E-state index >= 15 is 0 Å². The number of nitrogens with zero attached hydrogens (tertiary/aromatic N) is 3. The first-order valence-electron chi connectivity index (χ1n) is 9.62. The van der Waals surface area contributed by atoms with Crippen molar-refractivity contribution < 1.29 is 9.53 Å². The first-order valence-corrected chi connectivity index (χ1v) is 9.62. The Hall–Kier alpha value is -2.28. The van der Waals surface area contributed by atoms with Crippen LogP contribution in [-0.4, -0.2) is 39.8 Å². The van der Waals surface area contributed by atoms with Gasteiger partial charge >= 0.3 is 0 Å². The summed E-state index contributed by atoms with van der Waals surface area (Å²) in [5, 5.41) is 0. The Kier molecular flexibility index (Phi) is 7.75. The summed E-state index contributed by atoms with van der Waals surface area (Å²) in [5.74, 6) is 0.700. The van der Waals surface area contributed by atoms with Crippen molar-refractivity contribution in [1.82, 2.24) is 14.3 Å². The van der Waals surface area contributed by atoms with Gasteiger partial charge in [0.2, 0.25) is 0 Å². The Balaban J connectivity index is 0.00000160. The van der Waals surface area contributed by atoms with Crippen LogP contribution in [0.15, 0.2) is 48.8 Å². The van der Waals surface area contributed by atoms with Crippen LogP contribution in [0.25, 0.3) is 5.65 Å². The van der Waals surface area contributed by atoms with Crippen LogP contribution in [0, 0.1) is 12.3 Å². The summed E-state index contributed by atoms with van der Waals surface area (Å²) >= 11 is 0. The number of ether oxygens (including phenoxy) is 1. The van der Waals surface area contributed by atoms with E-state index in [-0.39, 0.29) is 36.1 Å². The number of hydrogen-bond acceptors (Lipinski definition) is 4. The zero-order valence-electron chi connectivity index (χ0n) is 17.2. The fourth-order valence-corrected chi connectivity index (χ4v) is 3.65. The molecular formula is C22H28Cl2N4O2. The maximum Gasteiger partial charge on any atom is 0.254 e. The molecule has 1 fully saturated rings. The van der Waals surface area contributed by atoms with Crippen LogP contribution in [0.1, 0.15) is 35.0 Å². The molecule has 0 bridgehead atoms. The lowest BCUT2D eigenvalue weighted by molar-refractivity contribution is 0.0776. The molecule has 2 N–H and O–H groups in total. The molecule has 0 aliphatic carbocycles. The van der Waals surface area contributed by atoms with Crippen molar-refractivity contribution in [3.05, 3.63) is 65.6 Å². The maximum atomic E-state index is 12.8. The normalized spacial score (nSPS) is 18.0. The van der Waals surface area contributed by atoms with Crippen molar-refractivity contribution in [3.63, 3.8) is 0 Å². The van der Waals surface area contributed by atoms with Crippen LogP contribution in [0.3, 0.4) is 0 Å². The van der Waals surface area contributed by atoms with Gasteiger partial charge in [0.25, 0.3) is 5.91 Å². The molecule has 162 valence electrons. The number of benzene rings is 1. The average Bonchev–Trinajstić information content (AvgIpc) is 3.29. The van der Waals surface area contributed by atoms with Crippen molar-refractivity contribution in [2.45, 2.75) is 26.9 Å². The first kappa shape index (κ1) is 24.0. The van der Waals surface area contributed by atoms with E-state index in [1.54, 1.807) is 6.07 Å². The number of hydrogen-bond donors (Lipinski definition) is 1. The second-order valence-corrected chi connectivity index (χ2v) is 8.01. The number of likely N-dealkylation sites (tertiary alicyclic amines) is 1. The molecule has 1 amide bonds. The van der Waals surface area contributed by atoms with Gasteiger partial charge in [0, 0.05) is 31.0 Å². The highest BCUT2D eigenvalue weighted by molar-refractivity contribution is 5.94. The molecular weight excluding hydrogens is 423 g/mol. The van der Waals surface area contributed by atoms with Gasteiger partial charge in [-0.15, -0.1) is 24.8 Å². The third-order valence-electron chi connectivity index (χ3n) is 5.45. The zero-order valence-corrected chi connectivity index (χ0v) is 18.8. The van der Waals surface area contributed by atoms with E-state index in [0.29, 0.717) is 31.0 Å². The molecule has 1 atom stereocenters. The minimum Gasteiger partial charge on any atom is -0.487 e. The third-order valence-corrected chi connectivity index (χ3v) is 5.45. The molecule has 0 radical (unpaired) electrons. The van der Waals surface area contributed by atoms with Crippen LogP contribution in [0.2, 0.25) is 0 Å². The largest absolute Gasteiger partial charge is 0.487 e. The molecule has 0 spiro atoms. The standard InChI is InChI=1S/C22H26N4O2.2ClH/c1-16-6-7-20-24-18(12-26(20)11-16)13-28-19-5-3-4-17(10-19)21(27)25-9-8-22(2,14-23)15-25;;/h3-7,10-12H,8-9,13-15,23H2,1-2H3;2*1H. The second-order valence-electron chi connectivity index (χ2n) is 8.01. The maximum absolute atomic E-state index is 12.8. The van der Waals surface area contributed by atoms with Crippen molar-refractivity contribution in [2.75, 3.05) is 19.6 Å². The van der Waals surface area contributed by atoms with Gasteiger partial charge in [-0.25, -0.2) is 4.98 Å². The summed E-state index contributed by atoms with van der Waals surface area (Å²) in [6.45, 7) is 6.59. The van der Waals surface area contributed by atoms with E-state index in [0.717, 1.165) is 24.3 Å². The van der Waals surface area contributed by atoms with Gasteiger partial charge in [0.05, 0.1) is 5.69 Å². The zero-order chi connectivity index (χ0) is 19.7. The second kappa shape index (κ2) is 9.69. The van der Waals surface area contributed by atoms with E-state index in [1.165, 1.54) is 5.56 Å². The Morgan fingerprint density at radius 3 is 2.77 bits per heavy atom. The highest BCUT2D eigenvalue weighted by Gasteiger charge is 2.35. The van der Waals surface area contributed by atoms with Crippen molar-refractivity contribution in [1.29, 1.82) is 0 Å². The van der Waals surface area contributed by atoms with Gasteiger partial charge in [0.15, 0.2) is 0 Å². The minimum atomic E-state index is 0. The fourth-order valence-electron chi connectivity index (χ4n) is 3.65. The first-order chi connectivity index (χ1) is 13.5. The highest BCUT2D eigenvalue weighted by atomic mass is 35.5. The Morgan fingerprint density at radius 2 is 2.03 bits per heavy atom. The van der Waals surface area contributed by atoms with E-state index in [2.05, 4.69) is 18.8 Å². The molecule has 2 aromatic heterocycles. The van der Waals surface area contributed by atoms with E-state index in [4.69, 9.17) is 10.5 Å². The van der Waals surface area contributed by atoms with Crippen molar-refractivity contribution in [2.24, 2.45) is 11.1 Å². The van der Waals surface area contributed by atoms with Gasteiger partial charge < -0.3 is 19.8 Å². The predicted octanol–water partition coefficient (Wildman–Crippen LogP) is 3.88. The van der Waals surface area contributed by atoms with Gasteiger partial charge in [-0.1, -0.05) is 19.1 Å². The highest BCUT2D eigenvalue weighted by Crippen LogP contribution is 2.30. The minimum absolute atomic E-state index is 0. The Labute approximate surface area is 189 Å². The number of imidazole rings is 1. The molecule has 3 heterocycles. The molecule has 3 aromatic rings. The molecule has 1 aliphatic heterocycles. The SMILES string of the molecule is Cc1ccc2nc(COc3cccc(C(=O)N4CCC(C)(CN)C4)c3)cn2c1.Cl.Cl. The summed E-state index contributed by atoms with van der Waals surface area (Å²) < 4.78 is 7.90. The lowest BCUT2D eigenvalue weighted by Gasteiger charge is -2.22. The number of carbonyl (C=O) groups excluding carboxylic acids is 1. The van der Waals surface area contributed by atoms with Gasteiger partial charge in [-0.3, -0.25) is 4.79 Å². The summed E-state index contributed by atoms with van der Waals surface area (Å²) in [5.41, 5.74) is 9.44.